The van der Waals surface area contributed by atoms with Crippen molar-refractivity contribution in [2.75, 3.05) is 13.2 Å². The summed E-state index contributed by atoms with van der Waals surface area (Å²) < 4.78 is 5.45. The SMILES string of the molecule is O=C(NCC#CCOc1ccccc1Cl)c1cc(-c2ccccc2)n[nH]1. The molecule has 5 nitrogen and oxygen atoms in total. The molecule has 0 atom stereocenters. The number of carbonyl (C=O) groups is 1. The molecule has 0 radical (unpaired) electrons. The fourth-order valence-electron chi connectivity index (χ4n) is 2.20. The summed E-state index contributed by atoms with van der Waals surface area (Å²) in [5.74, 6) is 5.98. The number of aromatic amines is 1. The van der Waals surface area contributed by atoms with E-state index in [-0.39, 0.29) is 19.1 Å². The standard InChI is InChI=1S/C20H16ClN3O2/c21-16-10-4-5-11-19(16)26-13-7-6-12-22-20(25)18-14-17(23-24-18)15-8-2-1-3-9-15/h1-5,8-11,14H,12-13H2,(H,22,25)(H,23,24). The minimum atomic E-state index is -0.263. The van der Waals surface area contributed by atoms with Gasteiger partial charge in [0, 0.05) is 5.56 Å². The smallest absolute Gasteiger partial charge is 0.270 e. The minimum absolute atomic E-state index is 0.196. The lowest BCUT2D eigenvalue weighted by Gasteiger charge is -2.03. The number of rotatable bonds is 5. The first kappa shape index (κ1) is 17.6. The van der Waals surface area contributed by atoms with Crippen molar-refractivity contribution in [1.29, 1.82) is 0 Å². The Hall–Kier alpha value is -3.23. The largest absolute Gasteiger partial charge is 0.479 e. The molecule has 3 aromatic rings. The van der Waals surface area contributed by atoms with Crippen molar-refractivity contribution < 1.29 is 9.53 Å². The number of aromatic nitrogens is 2. The van der Waals surface area contributed by atoms with Gasteiger partial charge in [0.15, 0.2) is 0 Å². The van der Waals surface area contributed by atoms with E-state index < -0.39 is 0 Å². The second kappa shape index (κ2) is 8.75. The van der Waals surface area contributed by atoms with Crippen LogP contribution in [0.2, 0.25) is 5.02 Å². The summed E-state index contributed by atoms with van der Waals surface area (Å²) in [6.07, 6.45) is 0. The lowest BCUT2D eigenvalue weighted by molar-refractivity contribution is 0.0953. The van der Waals surface area contributed by atoms with Gasteiger partial charge in [0.25, 0.3) is 5.91 Å². The molecule has 130 valence electrons. The van der Waals surface area contributed by atoms with E-state index in [0.29, 0.717) is 16.5 Å². The van der Waals surface area contributed by atoms with Crippen LogP contribution < -0.4 is 10.1 Å². The molecular weight excluding hydrogens is 350 g/mol. The number of H-pyrrole nitrogens is 1. The summed E-state index contributed by atoms with van der Waals surface area (Å²) in [5, 5.41) is 10.1. The number of carbonyl (C=O) groups excluding carboxylic acids is 1. The Morgan fingerprint density at radius 2 is 1.88 bits per heavy atom. The molecule has 2 N–H and O–H groups in total. The van der Waals surface area contributed by atoms with E-state index in [1.54, 1.807) is 18.2 Å². The zero-order valence-electron chi connectivity index (χ0n) is 13.8. The first-order chi connectivity index (χ1) is 12.7. The Bertz CT molecular complexity index is 942. The van der Waals surface area contributed by atoms with Crippen LogP contribution in [0.15, 0.2) is 60.7 Å². The van der Waals surface area contributed by atoms with E-state index in [2.05, 4.69) is 27.4 Å². The Labute approximate surface area is 156 Å². The van der Waals surface area contributed by atoms with Crippen LogP contribution in [0.3, 0.4) is 0 Å². The van der Waals surface area contributed by atoms with Crippen molar-refractivity contribution in [3.8, 4) is 28.8 Å². The van der Waals surface area contributed by atoms with Gasteiger partial charge in [0.1, 0.15) is 18.1 Å². The van der Waals surface area contributed by atoms with Crippen LogP contribution in [-0.4, -0.2) is 29.3 Å². The van der Waals surface area contributed by atoms with Gasteiger partial charge in [-0.3, -0.25) is 9.89 Å². The molecule has 1 aromatic heterocycles. The Morgan fingerprint density at radius 3 is 2.69 bits per heavy atom. The van der Waals surface area contributed by atoms with Crippen LogP contribution in [0.5, 0.6) is 5.75 Å². The molecule has 26 heavy (non-hydrogen) atoms. The predicted molar refractivity (Wildman–Crippen MR) is 101 cm³/mol. The summed E-state index contributed by atoms with van der Waals surface area (Å²) in [5.41, 5.74) is 2.05. The molecule has 0 aliphatic rings. The van der Waals surface area contributed by atoms with E-state index in [1.807, 2.05) is 42.5 Å². The number of nitrogens with one attached hydrogen (secondary N) is 2. The molecule has 0 saturated heterocycles. The van der Waals surface area contributed by atoms with Gasteiger partial charge in [0.2, 0.25) is 0 Å². The zero-order valence-corrected chi connectivity index (χ0v) is 14.6. The zero-order chi connectivity index (χ0) is 18.2. The van der Waals surface area contributed by atoms with E-state index >= 15 is 0 Å². The molecule has 0 fully saturated rings. The lowest BCUT2D eigenvalue weighted by Crippen LogP contribution is -2.24. The summed E-state index contributed by atoms with van der Waals surface area (Å²) >= 11 is 5.98. The maximum absolute atomic E-state index is 12.1. The molecule has 0 aliphatic carbocycles. The molecule has 0 spiro atoms. The van der Waals surface area contributed by atoms with Crippen LogP contribution in [0, 0.1) is 11.8 Å². The molecule has 2 aromatic carbocycles. The number of halogens is 1. The van der Waals surface area contributed by atoms with Crippen LogP contribution in [0.25, 0.3) is 11.3 Å². The molecule has 0 unspecified atom stereocenters. The number of hydrogen-bond donors (Lipinski definition) is 2. The highest BCUT2D eigenvalue weighted by Gasteiger charge is 2.09. The molecule has 6 heteroatoms. The summed E-state index contributed by atoms with van der Waals surface area (Å²) in [7, 11) is 0. The lowest BCUT2D eigenvalue weighted by atomic mass is 10.1. The van der Waals surface area contributed by atoms with Crippen LogP contribution in [0.1, 0.15) is 10.5 Å². The minimum Gasteiger partial charge on any atom is -0.479 e. The predicted octanol–water partition coefficient (Wildman–Crippen LogP) is 3.54. The van der Waals surface area contributed by atoms with E-state index in [0.717, 1.165) is 11.3 Å². The van der Waals surface area contributed by atoms with Crippen LogP contribution in [-0.2, 0) is 0 Å². The van der Waals surface area contributed by atoms with Gasteiger partial charge < -0.3 is 10.1 Å². The van der Waals surface area contributed by atoms with Gasteiger partial charge in [-0.05, 0) is 18.2 Å². The average Bonchev–Trinajstić information content (AvgIpc) is 3.17. The quantitative estimate of drug-likeness (QED) is 0.679. The first-order valence-corrected chi connectivity index (χ1v) is 8.34. The average molecular weight is 366 g/mol. The first-order valence-electron chi connectivity index (χ1n) is 7.96. The normalized spacial score (nSPS) is 9.88. The van der Waals surface area contributed by atoms with E-state index in [4.69, 9.17) is 16.3 Å². The van der Waals surface area contributed by atoms with Gasteiger partial charge in [-0.15, -0.1) is 0 Å². The van der Waals surface area contributed by atoms with Gasteiger partial charge in [-0.25, -0.2) is 0 Å². The number of benzene rings is 2. The van der Waals surface area contributed by atoms with Crippen LogP contribution >= 0.6 is 11.6 Å². The molecule has 0 saturated carbocycles. The number of nitrogens with zero attached hydrogens (tertiary/aromatic N) is 1. The highest BCUT2D eigenvalue weighted by atomic mass is 35.5. The van der Waals surface area contributed by atoms with E-state index in [9.17, 15) is 4.79 Å². The maximum Gasteiger partial charge on any atom is 0.270 e. The second-order valence-electron chi connectivity index (χ2n) is 5.29. The van der Waals surface area contributed by atoms with Crippen molar-refractivity contribution in [2.24, 2.45) is 0 Å². The van der Waals surface area contributed by atoms with E-state index in [1.165, 1.54) is 0 Å². The highest BCUT2D eigenvalue weighted by Crippen LogP contribution is 2.22. The third kappa shape index (κ3) is 4.65. The number of para-hydroxylation sites is 1. The fraction of sp³-hybridized carbons (Fsp3) is 0.100. The van der Waals surface area contributed by atoms with Crippen molar-refractivity contribution in [3.05, 3.63) is 71.4 Å². The summed E-state index contributed by atoms with van der Waals surface area (Å²) in [4.78, 5) is 12.1. The molecule has 1 amide bonds. The Morgan fingerprint density at radius 1 is 1.12 bits per heavy atom. The number of ether oxygens (including phenoxy) is 1. The third-order valence-electron chi connectivity index (χ3n) is 3.49. The van der Waals surface area contributed by atoms with Crippen molar-refractivity contribution in [3.63, 3.8) is 0 Å². The topological polar surface area (TPSA) is 67.0 Å². The van der Waals surface area contributed by atoms with Crippen molar-refractivity contribution in [2.45, 2.75) is 0 Å². The van der Waals surface area contributed by atoms with Gasteiger partial charge in [0.05, 0.1) is 17.3 Å². The number of amides is 1. The number of hydrogen-bond acceptors (Lipinski definition) is 3. The van der Waals surface area contributed by atoms with Crippen molar-refractivity contribution in [1.82, 2.24) is 15.5 Å². The van der Waals surface area contributed by atoms with Crippen LogP contribution in [0.4, 0.5) is 0 Å². The van der Waals surface area contributed by atoms with Gasteiger partial charge >= 0.3 is 0 Å². The monoisotopic (exact) mass is 365 g/mol. The fourth-order valence-corrected chi connectivity index (χ4v) is 2.39. The molecule has 0 bridgehead atoms. The second-order valence-corrected chi connectivity index (χ2v) is 5.70. The van der Waals surface area contributed by atoms with Crippen molar-refractivity contribution >= 4 is 17.5 Å². The Balaban J connectivity index is 1.46. The molecule has 0 aliphatic heterocycles. The summed E-state index contributed by atoms with van der Waals surface area (Å²) in [6, 6.07) is 18.5. The summed E-state index contributed by atoms with van der Waals surface area (Å²) in [6.45, 7) is 0.409. The molecule has 3 rings (SSSR count). The van der Waals surface area contributed by atoms with Gasteiger partial charge in [-0.1, -0.05) is 65.9 Å². The highest BCUT2D eigenvalue weighted by molar-refractivity contribution is 6.32. The molecule has 1 heterocycles. The third-order valence-corrected chi connectivity index (χ3v) is 3.80. The maximum atomic E-state index is 12.1. The molecular formula is C20H16ClN3O2. The van der Waals surface area contributed by atoms with Gasteiger partial charge in [-0.2, -0.15) is 5.10 Å². The Kier molecular flexibility index (Phi) is 5.92.